The lowest BCUT2D eigenvalue weighted by atomic mass is 10.2. The second-order valence-corrected chi connectivity index (χ2v) is 3.55. The van der Waals surface area contributed by atoms with Crippen molar-refractivity contribution in [3.63, 3.8) is 0 Å². The second kappa shape index (κ2) is 5.52. The van der Waals surface area contributed by atoms with Gasteiger partial charge in [-0.25, -0.2) is 18.0 Å². The first kappa shape index (κ1) is 14.0. The van der Waals surface area contributed by atoms with Gasteiger partial charge in [0.25, 0.3) is 0 Å². The van der Waals surface area contributed by atoms with Crippen LogP contribution in [0, 0.1) is 17.5 Å². The minimum atomic E-state index is -1.73. The van der Waals surface area contributed by atoms with Gasteiger partial charge in [-0.05, 0) is 6.92 Å². The third kappa shape index (κ3) is 3.47. The van der Waals surface area contributed by atoms with Gasteiger partial charge in [0.05, 0.1) is 6.42 Å². The quantitative estimate of drug-likeness (QED) is 0.880. The van der Waals surface area contributed by atoms with E-state index in [-0.39, 0.29) is 0 Å². The first-order valence-corrected chi connectivity index (χ1v) is 4.84. The van der Waals surface area contributed by atoms with E-state index < -0.39 is 47.5 Å². The zero-order chi connectivity index (χ0) is 13.9. The molecule has 0 amide bonds. The summed E-state index contributed by atoms with van der Waals surface area (Å²) in [5, 5.41) is 8.72. The van der Waals surface area contributed by atoms with Crippen molar-refractivity contribution < 1.29 is 32.6 Å². The standard InChI is InChI=1S/C11H9F3O4/c1-5(15)2-9(11(16)17)18-10-7(13)3-6(12)4-8(10)14/h3-4,9H,2H2,1H3,(H,16,17). The van der Waals surface area contributed by atoms with Crippen LogP contribution in [0.2, 0.25) is 0 Å². The molecule has 0 spiro atoms. The summed E-state index contributed by atoms with van der Waals surface area (Å²) in [6, 6.07) is 0.705. The number of ketones is 1. The van der Waals surface area contributed by atoms with Gasteiger partial charge in [-0.2, -0.15) is 0 Å². The van der Waals surface area contributed by atoms with Gasteiger partial charge in [0.1, 0.15) is 11.6 Å². The molecule has 0 aliphatic heterocycles. The number of carbonyl (C=O) groups excluding carboxylic acids is 1. The van der Waals surface area contributed by atoms with Crippen LogP contribution < -0.4 is 4.74 Å². The number of carbonyl (C=O) groups is 2. The molecule has 1 aromatic rings. The zero-order valence-electron chi connectivity index (χ0n) is 9.25. The molecular weight excluding hydrogens is 253 g/mol. The number of aliphatic carboxylic acids is 1. The number of carboxylic acid groups (broad SMARTS) is 1. The summed E-state index contributed by atoms with van der Waals surface area (Å²) < 4.78 is 43.6. The van der Waals surface area contributed by atoms with E-state index >= 15 is 0 Å². The van der Waals surface area contributed by atoms with E-state index in [0.717, 1.165) is 6.92 Å². The molecule has 0 saturated heterocycles. The maximum atomic E-state index is 13.2. The van der Waals surface area contributed by atoms with E-state index in [0.29, 0.717) is 12.1 Å². The Balaban J connectivity index is 3.01. The summed E-state index contributed by atoms with van der Waals surface area (Å²) >= 11 is 0. The van der Waals surface area contributed by atoms with E-state index in [4.69, 9.17) is 5.11 Å². The minimum absolute atomic E-state index is 0.352. The lowest BCUT2D eigenvalue weighted by Gasteiger charge is -2.14. The fraction of sp³-hybridized carbons (Fsp3) is 0.273. The number of hydrogen-bond donors (Lipinski definition) is 1. The number of halogens is 3. The number of Topliss-reactive ketones (excluding diaryl/α,β-unsaturated/α-hetero) is 1. The molecule has 98 valence electrons. The Morgan fingerprint density at radius 2 is 1.78 bits per heavy atom. The van der Waals surface area contributed by atoms with Crippen molar-refractivity contribution in [2.24, 2.45) is 0 Å². The van der Waals surface area contributed by atoms with Crippen LogP contribution in [0.4, 0.5) is 13.2 Å². The van der Waals surface area contributed by atoms with Crippen molar-refractivity contribution in [2.45, 2.75) is 19.4 Å². The summed E-state index contributed by atoms with van der Waals surface area (Å²) in [6.45, 7) is 1.11. The molecule has 1 atom stereocenters. The maximum absolute atomic E-state index is 13.2. The highest BCUT2D eigenvalue weighted by atomic mass is 19.1. The number of ether oxygens (including phenoxy) is 1. The number of carboxylic acids is 1. The summed E-state index contributed by atoms with van der Waals surface area (Å²) in [4.78, 5) is 21.5. The van der Waals surface area contributed by atoms with Gasteiger partial charge in [-0.3, -0.25) is 4.79 Å². The van der Waals surface area contributed by atoms with Gasteiger partial charge in [0.2, 0.25) is 6.10 Å². The molecule has 4 nitrogen and oxygen atoms in total. The first-order valence-electron chi connectivity index (χ1n) is 4.84. The van der Waals surface area contributed by atoms with Gasteiger partial charge in [-0.1, -0.05) is 0 Å². The third-order valence-electron chi connectivity index (χ3n) is 1.97. The van der Waals surface area contributed by atoms with Crippen LogP contribution in [-0.4, -0.2) is 23.0 Å². The summed E-state index contributed by atoms with van der Waals surface area (Å²) in [7, 11) is 0. The van der Waals surface area contributed by atoms with Crippen molar-refractivity contribution in [1.82, 2.24) is 0 Å². The van der Waals surface area contributed by atoms with Gasteiger partial charge in [0.15, 0.2) is 17.4 Å². The lowest BCUT2D eigenvalue weighted by molar-refractivity contribution is -0.147. The Bertz CT molecular complexity index is 464. The van der Waals surface area contributed by atoms with E-state index in [1.54, 1.807) is 0 Å². The Labute approximate surface area is 100.0 Å². The van der Waals surface area contributed by atoms with Gasteiger partial charge < -0.3 is 9.84 Å². The highest BCUT2D eigenvalue weighted by Crippen LogP contribution is 2.24. The van der Waals surface area contributed by atoms with Crippen LogP contribution in [-0.2, 0) is 9.59 Å². The zero-order valence-corrected chi connectivity index (χ0v) is 9.25. The van der Waals surface area contributed by atoms with Crippen LogP contribution in [0.15, 0.2) is 12.1 Å². The molecule has 1 rings (SSSR count). The van der Waals surface area contributed by atoms with Crippen molar-refractivity contribution in [3.05, 3.63) is 29.6 Å². The topological polar surface area (TPSA) is 63.6 Å². The van der Waals surface area contributed by atoms with Gasteiger partial charge in [0, 0.05) is 12.1 Å². The van der Waals surface area contributed by atoms with Crippen LogP contribution >= 0.6 is 0 Å². The van der Waals surface area contributed by atoms with Crippen molar-refractivity contribution >= 4 is 11.8 Å². The van der Waals surface area contributed by atoms with E-state index in [2.05, 4.69) is 4.74 Å². The monoisotopic (exact) mass is 262 g/mol. The number of hydrogen-bond acceptors (Lipinski definition) is 3. The fourth-order valence-electron chi connectivity index (χ4n) is 1.22. The highest BCUT2D eigenvalue weighted by Gasteiger charge is 2.25. The predicted molar refractivity (Wildman–Crippen MR) is 53.7 cm³/mol. The lowest BCUT2D eigenvalue weighted by Crippen LogP contribution is -2.29. The molecule has 0 heterocycles. The Morgan fingerprint density at radius 1 is 1.28 bits per heavy atom. The van der Waals surface area contributed by atoms with Crippen LogP contribution in [0.25, 0.3) is 0 Å². The molecule has 0 aromatic heterocycles. The van der Waals surface area contributed by atoms with Crippen molar-refractivity contribution in [2.75, 3.05) is 0 Å². The number of rotatable bonds is 5. The largest absolute Gasteiger partial charge is 0.478 e. The average Bonchev–Trinajstić information content (AvgIpc) is 2.20. The molecule has 0 aliphatic rings. The molecule has 18 heavy (non-hydrogen) atoms. The average molecular weight is 262 g/mol. The SMILES string of the molecule is CC(=O)CC(Oc1c(F)cc(F)cc1F)C(=O)O. The van der Waals surface area contributed by atoms with E-state index in [1.807, 2.05) is 0 Å². The predicted octanol–water partition coefficient (Wildman–Crippen LogP) is 1.92. The Morgan fingerprint density at radius 3 is 2.17 bits per heavy atom. The summed E-state index contributed by atoms with van der Waals surface area (Å²) in [5.41, 5.74) is 0. The molecule has 0 saturated carbocycles. The normalized spacial score (nSPS) is 12.0. The molecule has 0 aliphatic carbocycles. The van der Waals surface area contributed by atoms with Crippen LogP contribution in [0.5, 0.6) is 5.75 Å². The van der Waals surface area contributed by atoms with E-state index in [9.17, 15) is 22.8 Å². The van der Waals surface area contributed by atoms with Crippen LogP contribution in [0.3, 0.4) is 0 Å². The third-order valence-corrected chi connectivity index (χ3v) is 1.97. The Hall–Kier alpha value is -2.05. The molecule has 0 fully saturated rings. The molecule has 1 aromatic carbocycles. The molecule has 1 N–H and O–H groups in total. The minimum Gasteiger partial charge on any atom is -0.478 e. The fourth-order valence-corrected chi connectivity index (χ4v) is 1.22. The second-order valence-electron chi connectivity index (χ2n) is 3.55. The smallest absolute Gasteiger partial charge is 0.345 e. The summed E-state index contributed by atoms with van der Waals surface area (Å²) in [6.07, 6.45) is -2.28. The first-order chi connectivity index (χ1) is 8.31. The van der Waals surface area contributed by atoms with E-state index in [1.165, 1.54) is 0 Å². The highest BCUT2D eigenvalue weighted by molar-refractivity contribution is 5.83. The molecule has 0 bridgehead atoms. The summed E-state index contributed by atoms with van der Waals surface area (Å²) in [5.74, 6) is -7.00. The molecule has 7 heteroatoms. The number of benzene rings is 1. The molecule has 0 radical (unpaired) electrons. The van der Waals surface area contributed by atoms with Gasteiger partial charge >= 0.3 is 5.97 Å². The van der Waals surface area contributed by atoms with Gasteiger partial charge in [-0.15, -0.1) is 0 Å². The van der Waals surface area contributed by atoms with Crippen molar-refractivity contribution in [1.29, 1.82) is 0 Å². The van der Waals surface area contributed by atoms with Crippen molar-refractivity contribution in [3.8, 4) is 5.75 Å². The molecule has 1 unspecified atom stereocenters. The molecular formula is C11H9F3O4. The van der Waals surface area contributed by atoms with Crippen LogP contribution in [0.1, 0.15) is 13.3 Å². The maximum Gasteiger partial charge on any atom is 0.345 e. The Kier molecular flexibility index (Phi) is 4.30.